The number of hydrogen-bond donors (Lipinski definition) is 1. The van der Waals surface area contributed by atoms with Crippen LogP contribution >= 0.6 is 11.6 Å². The van der Waals surface area contributed by atoms with Crippen molar-refractivity contribution in [2.75, 3.05) is 36.4 Å². The van der Waals surface area contributed by atoms with Gasteiger partial charge in [0, 0.05) is 43.1 Å². The minimum absolute atomic E-state index is 0.280. The molecule has 1 saturated heterocycles. The zero-order valence-electron chi connectivity index (χ0n) is 13.8. The number of aromatic nitrogens is 2. The fourth-order valence-electron chi connectivity index (χ4n) is 2.57. The number of hydrogen-bond acceptors (Lipinski definition) is 5. The fraction of sp³-hybridized carbons (Fsp3) is 0.294. The zero-order valence-corrected chi connectivity index (χ0v) is 14.5. The van der Waals surface area contributed by atoms with Gasteiger partial charge < -0.3 is 15.1 Å². The number of carbonyl (C=O) groups excluding carboxylic acids is 2. The van der Waals surface area contributed by atoms with Gasteiger partial charge in [0.05, 0.1) is 0 Å². The molecule has 0 radical (unpaired) electrons. The molecule has 0 spiro atoms. The highest BCUT2D eigenvalue weighted by Gasteiger charge is 2.19. The summed E-state index contributed by atoms with van der Waals surface area (Å²) in [5, 5.41) is 3.38. The lowest BCUT2D eigenvalue weighted by molar-refractivity contribution is -0.118. The molecule has 1 N–H and O–H groups in total. The van der Waals surface area contributed by atoms with Gasteiger partial charge in [0.2, 0.25) is 12.4 Å². The number of carbonyl (C=O) groups is 2. The highest BCUT2D eigenvalue weighted by atomic mass is 35.5. The number of nitrogens with zero attached hydrogens (tertiary/aromatic N) is 4. The van der Waals surface area contributed by atoms with E-state index in [0.717, 1.165) is 12.0 Å². The molecule has 0 bridgehead atoms. The Labute approximate surface area is 150 Å². The van der Waals surface area contributed by atoms with Gasteiger partial charge in [0.1, 0.15) is 5.69 Å². The number of rotatable bonds is 4. The molecule has 1 fully saturated rings. The molecule has 1 aromatic carbocycles. The highest BCUT2D eigenvalue weighted by Crippen LogP contribution is 2.21. The van der Waals surface area contributed by atoms with Gasteiger partial charge in [-0.2, -0.15) is 0 Å². The fourth-order valence-corrected chi connectivity index (χ4v) is 2.74. The van der Waals surface area contributed by atoms with Gasteiger partial charge in [-0.25, -0.2) is 9.97 Å². The molecule has 0 atom stereocenters. The van der Waals surface area contributed by atoms with Crippen LogP contribution < -0.4 is 10.2 Å². The first-order valence-corrected chi connectivity index (χ1v) is 8.29. The van der Waals surface area contributed by atoms with E-state index in [2.05, 4.69) is 15.3 Å². The quantitative estimate of drug-likeness (QED) is 0.844. The molecule has 2 aromatic rings. The first-order valence-electron chi connectivity index (χ1n) is 7.91. The lowest BCUT2D eigenvalue weighted by Gasteiger charge is -2.32. The van der Waals surface area contributed by atoms with Crippen LogP contribution in [-0.2, 0) is 4.79 Å². The lowest BCUT2D eigenvalue weighted by atomic mass is 10.2. The van der Waals surface area contributed by atoms with Crippen LogP contribution in [0.2, 0.25) is 5.02 Å². The van der Waals surface area contributed by atoms with Crippen molar-refractivity contribution < 1.29 is 9.59 Å². The normalized spacial score (nSPS) is 14.3. The van der Waals surface area contributed by atoms with Gasteiger partial charge in [-0.15, -0.1) is 0 Å². The molecular weight excluding hydrogens is 342 g/mol. The Morgan fingerprint density at radius 3 is 2.72 bits per heavy atom. The topological polar surface area (TPSA) is 78.4 Å². The molecule has 0 aliphatic carbocycles. The van der Waals surface area contributed by atoms with Gasteiger partial charge in [0.15, 0.2) is 0 Å². The van der Waals surface area contributed by atoms with E-state index < -0.39 is 0 Å². The molecule has 1 aliphatic rings. The van der Waals surface area contributed by atoms with Crippen LogP contribution in [0.25, 0.3) is 0 Å². The van der Waals surface area contributed by atoms with Crippen molar-refractivity contribution in [2.24, 2.45) is 0 Å². The van der Waals surface area contributed by atoms with Gasteiger partial charge in [-0.1, -0.05) is 17.7 Å². The summed E-state index contributed by atoms with van der Waals surface area (Å²) in [6.45, 7) is 4.40. The standard InChI is InChI=1S/C17H18ClN5O2/c1-12-2-3-13(18)10-15(12)20-16(25)14-4-5-19-17(21-14)23-8-6-22(11-24)7-9-23/h2-5,10-11H,6-9H2,1H3,(H,20,25). The van der Waals surface area contributed by atoms with Crippen molar-refractivity contribution in [3.8, 4) is 0 Å². The van der Waals surface area contributed by atoms with E-state index in [4.69, 9.17) is 11.6 Å². The molecule has 130 valence electrons. The summed E-state index contributed by atoms with van der Waals surface area (Å²) in [7, 11) is 0. The van der Waals surface area contributed by atoms with Crippen LogP contribution in [0.15, 0.2) is 30.5 Å². The molecule has 1 aromatic heterocycles. The van der Waals surface area contributed by atoms with Crippen molar-refractivity contribution in [2.45, 2.75) is 6.92 Å². The van der Waals surface area contributed by atoms with Crippen LogP contribution in [-0.4, -0.2) is 53.4 Å². The lowest BCUT2D eigenvalue weighted by Crippen LogP contribution is -2.46. The van der Waals surface area contributed by atoms with Crippen molar-refractivity contribution >= 4 is 35.6 Å². The summed E-state index contributed by atoms with van der Waals surface area (Å²) in [4.78, 5) is 35.5. The Morgan fingerprint density at radius 2 is 2.00 bits per heavy atom. The number of amides is 2. The maximum Gasteiger partial charge on any atom is 0.274 e. The van der Waals surface area contributed by atoms with E-state index in [-0.39, 0.29) is 11.6 Å². The largest absolute Gasteiger partial charge is 0.342 e. The van der Waals surface area contributed by atoms with Gasteiger partial charge in [-0.3, -0.25) is 9.59 Å². The molecule has 7 nitrogen and oxygen atoms in total. The Balaban J connectivity index is 1.73. The van der Waals surface area contributed by atoms with E-state index in [1.54, 1.807) is 29.3 Å². The minimum atomic E-state index is -0.319. The summed E-state index contributed by atoms with van der Waals surface area (Å²) in [5.74, 6) is 0.168. The second kappa shape index (κ2) is 7.48. The maximum atomic E-state index is 12.5. The van der Waals surface area contributed by atoms with Gasteiger partial charge in [0.25, 0.3) is 5.91 Å². The molecule has 25 heavy (non-hydrogen) atoms. The minimum Gasteiger partial charge on any atom is -0.342 e. The summed E-state index contributed by atoms with van der Waals surface area (Å²) >= 11 is 5.98. The number of aryl methyl sites for hydroxylation is 1. The third-order valence-corrected chi connectivity index (χ3v) is 4.30. The Morgan fingerprint density at radius 1 is 1.24 bits per heavy atom. The van der Waals surface area contributed by atoms with Crippen molar-refractivity contribution in [3.05, 3.63) is 46.7 Å². The van der Waals surface area contributed by atoms with Gasteiger partial charge in [-0.05, 0) is 30.7 Å². The summed E-state index contributed by atoms with van der Waals surface area (Å²) in [6, 6.07) is 6.89. The highest BCUT2D eigenvalue weighted by molar-refractivity contribution is 6.31. The van der Waals surface area contributed by atoms with E-state index in [1.165, 1.54) is 0 Å². The Bertz CT molecular complexity index is 790. The summed E-state index contributed by atoms with van der Waals surface area (Å²) in [6.07, 6.45) is 2.41. The summed E-state index contributed by atoms with van der Waals surface area (Å²) < 4.78 is 0. The predicted octanol–water partition coefficient (Wildman–Crippen LogP) is 1.97. The Hall–Kier alpha value is -2.67. The Kier molecular flexibility index (Phi) is 5.14. The first kappa shape index (κ1) is 17.2. The smallest absolute Gasteiger partial charge is 0.274 e. The second-order valence-corrected chi connectivity index (χ2v) is 6.22. The number of benzene rings is 1. The van der Waals surface area contributed by atoms with Crippen LogP contribution in [0.3, 0.4) is 0 Å². The SMILES string of the molecule is Cc1ccc(Cl)cc1NC(=O)c1ccnc(N2CCN(C=O)CC2)n1. The van der Waals surface area contributed by atoms with Crippen LogP contribution in [0.1, 0.15) is 16.1 Å². The number of nitrogens with one attached hydrogen (secondary N) is 1. The van der Waals surface area contributed by atoms with Crippen LogP contribution in [0.4, 0.5) is 11.6 Å². The van der Waals surface area contributed by atoms with Crippen LogP contribution in [0, 0.1) is 6.92 Å². The third kappa shape index (κ3) is 4.06. The molecule has 1 aliphatic heterocycles. The average Bonchev–Trinajstić information content (AvgIpc) is 2.65. The average molecular weight is 360 g/mol. The summed E-state index contributed by atoms with van der Waals surface area (Å²) in [5.41, 5.74) is 1.84. The van der Waals surface area contributed by atoms with E-state index in [1.807, 2.05) is 17.9 Å². The first-order chi connectivity index (χ1) is 12.1. The number of halogens is 1. The van der Waals surface area contributed by atoms with Gasteiger partial charge >= 0.3 is 0 Å². The molecule has 0 saturated carbocycles. The molecule has 8 heteroatoms. The predicted molar refractivity (Wildman–Crippen MR) is 96.0 cm³/mol. The van der Waals surface area contributed by atoms with E-state index in [0.29, 0.717) is 42.8 Å². The molecule has 3 rings (SSSR count). The van der Waals surface area contributed by atoms with E-state index in [9.17, 15) is 9.59 Å². The molecule has 2 amide bonds. The van der Waals surface area contributed by atoms with Crippen molar-refractivity contribution in [3.63, 3.8) is 0 Å². The van der Waals surface area contributed by atoms with Crippen LogP contribution in [0.5, 0.6) is 0 Å². The van der Waals surface area contributed by atoms with Crippen molar-refractivity contribution in [1.82, 2.24) is 14.9 Å². The third-order valence-electron chi connectivity index (χ3n) is 4.07. The monoisotopic (exact) mass is 359 g/mol. The number of anilines is 2. The molecule has 2 heterocycles. The second-order valence-electron chi connectivity index (χ2n) is 5.78. The zero-order chi connectivity index (χ0) is 17.8. The maximum absolute atomic E-state index is 12.5. The molecular formula is C17H18ClN5O2. The molecule has 0 unspecified atom stereocenters. The van der Waals surface area contributed by atoms with Crippen molar-refractivity contribution in [1.29, 1.82) is 0 Å². The number of piperazine rings is 1. The van der Waals surface area contributed by atoms with E-state index >= 15 is 0 Å².